The maximum Gasteiger partial charge on any atom is 0.252 e. The molecule has 0 aromatic heterocycles. The van der Waals surface area contributed by atoms with E-state index in [2.05, 4.69) is 29.1 Å². The second-order valence-electron chi connectivity index (χ2n) is 5.10. The average Bonchev–Trinajstić information content (AvgIpc) is 2.47. The predicted octanol–water partition coefficient (Wildman–Crippen LogP) is 0.821. The van der Waals surface area contributed by atoms with Crippen LogP contribution in [0.2, 0.25) is 0 Å². The van der Waals surface area contributed by atoms with Gasteiger partial charge >= 0.3 is 0 Å². The highest BCUT2D eigenvalue weighted by molar-refractivity contribution is 5.96. The lowest BCUT2D eigenvalue weighted by molar-refractivity contribution is 0.0916. The van der Waals surface area contributed by atoms with Crippen LogP contribution in [0.3, 0.4) is 0 Å². The molecule has 1 aromatic rings. The largest absolute Gasteiger partial charge is 0.349 e. The van der Waals surface area contributed by atoms with Crippen LogP contribution in [0, 0.1) is 11.8 Å². The van der Waals surface area contributed by atoms with E-state index in [0.717, 1.165) is 31.5 Å². The molecule has 0 spiro atoms. The average molecular weight is 271 g/mol. The van der Waals surface area contributed by atoms with Gasteiger partial charge in [0.1, 0.15) is 0 Å². The molecule has 4 nitrogen and oxygen atoms in total. The fraction of sp³-hybridized carbons (Fsp3) is 0.438. The number of piperidine rings is 1. The number of nitrogens with zero attached hydrogens (tertiary/aromatic N) is 1. The van der Waals surface area contributed by atoms with Gasteiger partial charge in [0, 0.05) is 11.6 Å². The van der Waals surface area contributed by atoms with Crippen LogP contribution >= 0.6 is 0 Å². The van der Waals surface area contributed by atoms with Crippen molar-refractivity contribution in [3.05, 3.63) is 35.4 Å². The second-order valence-corrected chi connectivity index (χ2v) is 5.10. The summed E-state index contributed by atoms with van der Waals surface area (Å²) in [6, 6.07) is 7.66. The molecule has 2 rings (SSSR count). The molecule has 1 aromatic carbocycles. The Morgan fingerprint density at radius 3 is 2.80 bits per heavy atom. The van der Waals surface area contributed by atoms with Crippen molar-refractivity contribution < 1.29 is 4.79 Å². The number of rotatable bonds is 2. The number of carbonyl (C=O) groups excluding carboxylic acids is 1. The van der Waals surface area contributed by atoms with Gasteiger partial charge in [-0.1, -0.05) is 24.0 Å². The Labute approximate surface area is 120 Å². The zero-order valence-electron chi connectivity index (χ0n) is 11.9. The molecule has 4 heteroatoms. The first-order valence-corrected chi connectivity index (χ1v) is 6.98. The van der Waals surface area contributed by atoms with Crippen LogP contribution < -0.4 is 11.1 Å². The molecule has 3 N–H and O–H groups in total. The van der Waals surface area contributed by atoms with Crippen molar-refractivity contribution in [3.8, 4) is 11.8 Å². The molecule has 1 aliphatic rings. The molecule has 0 saturated carbocycles. The van der Waals surface area contributed by atoms with E-state index >= 15 is 0 Å². The number of nitrogens with one attached hydrogen (secondary N) is 1. The standard InChI is InChI=1S/C16H21N3O/c1-19-11-8-14(9-12-19)18-16(20)15-7-3-2-5-13(15)6-4-10-17/h2-3,5,7,14H,8-12,17H2,1H3,(H,18,20). The number of hydrogen-bond acceptors (Lipinski definition) is 3. The SMILES string of the molecule is CN1CCC(NC(=O)c2ccccc2C#CCN)CC1. The lowest BCUT2D eigenvalue weighted by atomic mass is 10.0. The molecule has 0 aliphatic carbocycles. The van der Waals surface area contributed by atoms with Crippen LogP contribution in [0.15, 0.2) is 24.3 Å². The summed E-state index contributed by atoms with van der Waals surface area (Å²) < 4.78 is 0. The van der Waals surface area contributed by atoms with Crippen molar-refractivity contribution in [1.29, 1.82) is 0 Å². The molecule has 1 amide bonds. The van der Waals surface area contributed by atoms with E-state index in [-0.39, 0.29) is 11.9 Å². The Bertz CT molecular complexity index is 522. The van der Waals surface area contributed by atoms with Gasteiger partial charge in [-0.25, -0.2) is 0 Å². The van der Waals surface area contributed by atoms with E-state index in [9.17, 15) is 4.79 Å². The third-order valence-corrected chi connectivity index (χ3v) is 3.55. The van der Waals surface area contributed by atoms with Crippen LogP contribution in [0.25, 0.3) is 0 Å². The van der Waals surface area contributed by atoms with Crippen molar-refractivity contribution in [2.75, 3.05) is 26.7 Å². The normalized spacial score (nSPS) is 16.3. The minimum absolute atomic E-state index is 0.0403. The number of nitrogens with two attached hydrogens (primary N) is 1. The summed E-state index contributed by atoms with van der Waals surface area (Å²) in [5, 5.41) is 3.11. The van der Waals surface area contributed by atoms with Gasteiger partial charge in [0.15, 0.2) is 0 Å². The smallest absolute Gasteiger partial charge is 0.252 e. The van der Waals surface area contributed by atoms with Crippen molar-refractivity contribution in [3.63, 3.8) is 0 Å². The third-order valence-electron chi connectivity index (χ3n) is 3.55. The summed E-state index contributed by atoms with van der Waals surface area (Å²) in [6.45, 7) is 2.35. The van der Waals surface area contributed by atoms with Crippen molar-refractivity contribution in [1.82, 2.24) is 10.2 Å². The summed E-state index contributed by atoms with van der Waals surface area (Å²) in [5.74, 6) is 5.71. The molecule has 1 fully saturated rings. The van der Waals surface area contributed by atoms with Gasteiger partial charge in [-0.15, -0.1) is 0 Å². The molecule has 1 aliphatic heterocycles. The zero-order chi connectivity index (χ0) is 14.4. The van der Waals surface area contributed by atoms with Gasteiger partial charge in [-0.3, -0.25) is 4.79 Å². The molecule has 106 valence electrons. The Morgan fingerprint density at radius 1 is 1.40 bits per heavy atom. The first-order chi connectivity index (χ1) is 9.70. The molecular weight excluding hydrogens is 250 g/mol. The Hall–Kier alpha value is -1.83. The van der Waals surface area contributed by atoms with Crippen LogP contribution in [0.5, 0.6) is 0 Å². The lowest BCUT2D eigenvalue weighted by Gasteiger charge is -2.29. The summed E-state index contributed by atoms with van der Waals surface area (Å²) in [5.41, 5.74) is 6.76. The number of amides is 1. The molecule has 1 heterocycles. The van der Waals surface area contributed by atoms with Crippen molar-refractivity contribution in [2.45, 2.75) is 18.9 Å². The molecule has 20 heavy (non-hydrogen) atoms. The Kier molecular flexibility index (Phi) is 5.16. The number of hydrogen-bond donors (Lipinski definition) is 2. The van der Waals surface area contributed by atoms with Crippen LogP contribution in [0.4, 0.5) is 0 Å². The molecular formula is C16H21N3O. The minimum Gasteiger partial charge on any atom is -0.349 e. The number of benzene rings is 1. The summed E-state index contributed by atoms with van der Waals surface area (Å²) in [7, 11) is 2.11. The maximum atomic E-state index is 12.4. The van der Waals surface area contributed by atoms with E-state index in [1.165, 1.54) is 0 Å². The molecule has 0 atom stereocenters. The monoisotopic (exact) mass is 271 g/mol. The fourth-order valence-corrected chi connectivity index (χ4v) is 2.35. The first kappa shape index (κ1) is 14.6. The second kappa shape index (κ2) is 7.09. The molecule has 0 bridgehead atoms. The Morgan fingerprint density at radius 2 is 2.10 bits per heavy atom. The lowest BCUT2D eigenvalue weighted by Crippen LogP contribution is -2.43. The van der Waals surface area contributed by atoms with E-state index < -0.39 is 0 Å². The van der Waals surface area contributed by atoms with Gasteiger partial charge in [0.05, 0.1) is 12.1 Å². The van der Waals surface area contributed by atoms with Crippen LogP contribution in [-0.2, 0) is 0 Å². The van der Waals surface area contributed by atoms with E-state index in [1.807, 2.05) is 24.3 Å². The van der Waals surface area contributed by atoms with E-state index in [1.54, 1.807) is 0 Å². The van der Waals surface area contributed by atoms with Gasteiger partial charge < -0.3 is 16.0 Å². The highest BCUT2D eigenvalue weighted by Gasteiger charge is 2.19. The highest BCUT2D eigenvalue weighted by Crippen LogP contribution is 2.11. The summed E-state index contributed by atoms with van der Waals surface area (Å²) in [6.07, 6.45) is 2.00. The van der Waals surface area contributed by atoms with Gasteiger partial charge in [-0.05, 0) is 45.1 Å². The predicted molar refractivity (Wildman–Crippen MR) is 80.4 cm³/mol. The third kappa shape index (κ3) is 3.83. The van der Waals surface area contributed by atoms with Crippen molar-refractivity contribution in [2.24, 2.45) is 5.73 Å². The van der Waals surface area contributed by atoms with Crippen molar-refractivity contribution >= 4 is 5.91 Å². The van der Waals surface area contributed by atoms with E-state index in [0.29, 0.717) is 12.1 Å². The molecule has 0 unspecified atom stereocenters. The Balaban J connectivity index is 2.05. The summed E-state index contributed by atoms with van der Waals surface area (Å²) >= 11 is 0. The highest BCUT2D eigenvalue weighted by atomic mass is 16.1. The minimum atomic E-state index is -0.0403. The molecule has 0 radical (unpaired) electrons. The van der Waals surface area contributed by atoms with Gasteiger partial charge in [0.25, 0.3) is 5.91 Å². The van der Waals surface area contributed by atoms with Gasteiger partial charge in [0.2, 0.25) is 0 Å². The summed E-state index contributed by atoms with van der Waals surface area (Å²) in [4.78, 5) is 14.6. The first-order valence-electron chi connectivity index (χ1n) is 6.98. The zero-order valence-corrected chi connectivity index (χ0v) is 11.9. The quantitative estimate of drug-likeness (QED) is 0.783. The fourth-order valence-electron chi connectivity index (χ4n) is 2.35. The van der Waals surface area contributed by atoms with Crippen LogP contribution in [-0.4, -0.2) is 43.5 Å². The number of likely N-dealkylation sites (tertiary alicyclic amines) is 1. The number of carbonyl (C=O) groups is 1. The molecule has 1 saturated heterocycles. The van der Waals surface area contributed by atoms with Gasteiger partial charge in [-0.2, -0.15) is 0 Å². The maximum absolute atomic E-state index is 12.4. The van der Waals surface area contributed by atoms with Crippen LogP contribution in [0.1, 0.15) is 28.8 Å². The topological polar surface area (TPSA) is 58.4 Å². The van der Waals surface area contributed by atoms with E-state index in [4.69, 9.17) is 5.73 Å².